The smallest absolute Gasteiger partial charge is 0.101 e. The molecular weight excluding hydrogens is 222 g/mol. The Labute approximate surface area is 109 Å². The lowest BCUT2D eigenvalue weighted by Gasteiger charge is -2.31. The third kappa shape index (κ3) is 3.24. The first-order chi connectivity index (χ1) is 8.83. The molecule has 18 heavy (non-hydrogen) atoms. The summed E-state index contributed by atoms with van der Waals surface area (Å²) in [6.07, 6.45) is 2.52. The van der Waals surface area contributed by atoms with Crippen LogP contribution in [0.25, 0.3) is 0 Å². The van der Waals surface area contributed by atoms with Gasteiger partial charge in [-0.15, -0.1) is 0 Å². The highest BCUT2D eigenvalue weighted by Crippen LogP contribution is 2.19. The van der Waals surface area contributed by atoms with Crippen molar-refractivity contribution in [3.63, 3.8) is 0 Å². The topological polar surface area (TPSA) is 39.1 Å². The molecule has 0 unspecified atom stereocenters. The van der Waals surface area contributed by atoms with E-state index in [1.54, 1.807) is 0 Å². The van der Waals surface area contributed by atoms with Gasteiger partial charge in [-0.3, -0.25) is 0 Å². The van der Waals surface area contributed by atoms with Gasteiger partial charge in [-0.2, -0.15) is 5.26 Å². The molecule has 96 valence electrons. The van der Waals surface area contributed by atoms with Gasteiger partial charge in [-0.05, 0) is 50.5 Å². The molecule has 0 saturated carbocycles. The monoisotopic (exact) mass is 243 g/mol. The molecule has 2 rings (SSSR count). The van der Waals surface area contributed by atoms with E-state index >= 15 is 0 Å². The molecule has 1 heterocycles. The van der Waals surface area contributed by atoms with Gasteiger partial charge < -0.3 is 10.2 Å². The predicted octanol–water partition coefficient (Wildman–Crippen LogP) is 2.70. The molecule has 1 saturated heterocycles. The molecule has 0 aliphatic carbocycles. The van der Waals surface area contributed by atoms with Crippen LogP contribution >= 0.6 is 0 Å². The molecule has 1 fully saturated rings. The molecule has 1 aromatic rings. The lowest BCUT2D eigenvalue weighted by atomic mass is 9.96. The van der Waals surface area contributed by atoms with Crippen molar-refractivity contribution in [3.8, 4) is 6.07 Å². The fourth-order valence-corrected chi connectivity index (χ4v) is 2.50. The van der Waals surface area contributed by atoms with Crippen molar-refractivity contribution >= 4 is 5.69 Å². The number of nitrogens with zero attached hydrogens (tertiary/aromatic N) is 2. The summed E-state index contributed by atoms with van der Waals surface area (Å²) in [5.41, 5.74) is 1.71. The quantitative estimate of drug-likeness (QED) is 0.883. The van der Waals surface area contributed by atoms with Crippen molar-refractivity contribution in [1.29, 1.82) is 5.26 Å². The van der Waals surface area contributed by atoms with Crippen LogP contribution in [0.3, 0.4) is 0 Å². The number of piperidine rings is 1. The van der Waals surface area contributed by atoms with Crippen LogP contribution in [0.15, 0.2) is 24.3 Å². The number of benzene rings is 1. The standard InChI is InChI=1S/C15H21N3/c1-2-18-9-7-13(8-10-18)12-17-15-6-4-3-5-14(15)11-16/h3-6,13,17H,2,7-10,12H2,1H3. The summed E-state index contributed by atoms with van der Waals surface area (Å²) in [5, 5.41) is 12.5. The molecule has 1 N–H and O–H groups in total. The van der Waals surface area contributed by atoms with Crippen LogP contribution < -0.4 is 5.32 Å². The van der Waals surface area contributed by atoms with Gasteiger partial charge in [0, 0.05) is 6.54 Å². The van der Waals surface area contributed by atoms with E-state index < -0.39 is 0 Å². The maximum Gasteiger partial charge on any atom is 0.101 e. The molecule has 0 amide bonds. The third-order valence-electron chi connectivity index (χ3n) is 3.78. The fraction of sp³-hybridized carbons (Fsp3) is 0.533. The van der Waals surface area contributed by atoms with Gasteiger partial charge in [0.05, 0.1) is 11.3 Å². The number of anilines is 1. The zero-order valence-corrected chi connectivity index (χ0v) is 11.0. The summed E-state index contributed by atoms with van der Waals surface area (Å²) < 4.78 is 0. The predicted molar refractivity (Wildman–Crippen MR) is 74.5 cm³/mol. The van der Waals surface area contributed by atoms with Crippen LogP contribution in [0.5, 0.6) is 0 Å². The summed E-state index contributed by atoms with van der Waals surface area (Å²) >= 11 is 0. The summed E-state index contributed by atoms with van der Waals surface area (Å²) in [6, 6.07) is 9.96. The molecule has 1 aliphatic heterocycles. The highest BCUT2D eigenvalue weighted by Gasteiger charge is 2.17. The van der Waals surface area contributed by atoms with E-state index in [2.05, 4.69) is 23.2 Å². The minimum absolute atomic E-state index is 0.736. The molecule has 1 aliphatic rings. The summed E-state index contributed by atoms with van der Waals surface area (Å²) in [5.74, 6) is 0.736. The van der Waals surface area contributed by atoms with Crippen molar-refractivity contribution in [3.05, 3.63) is 29.8 Å². The third-order valence-corrected chi connectivity index (χ3v) is 3.78. The Balaban J connectivity index is 1.84. The highest BCUT2D eigenvalue weighted by molar-refractivity contribution is 5.57. The van der Waals surface area contributed by atoms with E-state index in [1.165, 1.54) is 25.9 Å². The molecular formula is C15H21N3. The molecule has 3 heteroatoms. The first kappa shape index (κ1) is 12.9. The number of para-hydroxylation sites is 1. The van der Waals surface area contributed by atoms with Gasteiger partial charge in [0.1, 0.15) is 6.07 Å². The van der Waals surface area contributed by atoms with Gasteiger partial charge in [-0.25, -0.2) is 0 Å². The Morgan fingerprint density at radius 2 is 2.06 bits per heavy atom. The van der Waals surface area contributed by atoms with Crippen LogP contribution in [0, 0.1) is 17.2 Å². The van der Waals surface area contributed by atoms with E-state index in [4.69, 9.17) is 5.26 Å². The first-order valence-electron chi connectivity index (χ1n) is 6.79. The zero-order valence-electron chi connectivity index (χ0n) is 11.0. The maximum absolute atomic E-state index is 9.03. The van der Waals surface area contributed by atoms with Crippen molar-refractivity contribution < 1.29 is 0 Å². The van der Waals surface area contributed by atoms with Crippen molar-refractivity contribution in [2.45, 2.75) is 19.8 Å². The summed E-state index contributed by atoms with van der Waals surface area (Å²) in [6.45, 7) is 6.79. The van der Waals surface area contributed by atoms with E-state index in [9.17, 15) is 0 Å². The largest absolute Gasteiger partial charge is 0.384 e. The first-order valence-corrected chi connectivity index (χ1v) is 6.79. The van der Waals surface area contributed by atoms with Crippen LogP contribution in [0.1, 0.15) is 25.3 Å². The van der Waals surface area contributed by atoms with Crippen molar-refractivity contribution in [2.24, 2.45) is 5.92 Å². The van der Waals surface area contributed by atoms with Gasteiger partial charge in [-0.1, -0.05) is 19.1 Å². The van der Waals surface area contributed by atoms with Crippen molar-refractivity contribution in [1.82, 2.24) is 4.90 Å². The summed E-state index contributed by atoms with van der Waals surface area (Å²) in [4.78, 5) is 2.50. The average Bonchev–Trinajstić information content (AvgIpc) is 2.46. The molecule has 0 bridgehead atoms. The Kier molecular flexibility index (Phi) is 4.60. The van der Waals surface area contributed by atoms with Gasteiger partial charge in [0.15, 0.2) is 0 Å². The number of likely N-dealkylation sites (tertiary alicyclic amines) is 1. The number of rotatable bonds is 4. The second-order valence-corrected chi connectivity index (χ2v) is 4.92. The second kappa shape index (κ2) is 6.42. The lowest BCUT2D eigenvalue weighted by molar-refractivity contribution is 0.198. The van der Waals surface area contributed by atoms with Crippen LogP contribution in [0.4, 0.5) is 5.69 Å². The molecule has 0 spiro atoms. The minimum Gasteiger partial charge on any atom is -0.384 e. The molecule has 1 aromatic carbocycles. The fourth-order valence-electron chi connectivity index (χ4n) is 2.50. The van der Waals surface area contributed by atoms with Crippen LogP contribution in [-0.4, -0.2) is 31.1 Å². The van der Waals surface area contributed by atoms with E-state index in [0.29, 0.717) is 0 Å². The molecule has 0 atom stereocenters. The van der Waals surface area contributed by atoms with Crippen LogP contribution in [0.2, 0.25) is 0 Å². The van der Waals surface area contributed by atoms with E-state index in [-0.39, 0.29) is 0 Å². The number of hydrogen-bond acceptors (Lipinski definition) is 3. The van der Waals surface area contributed by atoms with Gasteiger partial charge in [0.25, 0.3) is 0 Å². The zero-order chi connectivity index (χ0) is 12.8. The molecule has 0 aromatic heterocycles. The molecule has 0 radical (unpaired) electrons. The van der Waals surface area contributed by atoms with Crippen molar-refractivity contribution in [2.75, 3.05) is 31.5 Å². The Hall–Kier alpha value is -1.53. The van der Waals surface area contributed by atoms with Gasteiger partial charge in [0.2, 0.25) is 0 Å². The Bertz CT molecular complexity index is 414. The Morgan fingerprint density at radius 3 is 2.72 bits per heavy atom. The van der Waals surface area contributed by atoms with Gasteiger partial charge >= 0.3 is 0 Å². The Morgan fingerprint density at radius 1 is 1.33 bits per heavy atom. The summed E-state index contributed by atoms with van der Waals surface area (Å²) in [7, 11) is 0. The number of nitrogens with one attached hydrogen (secondary N) is 1. The normalized spacial score (nSPS) is 17.3. The second-order valence-electron chi connectivity index (χ2n) is 4.92. The molecule has 3 nitrogen and oxygen atoms in total. The minimum atomic E-state index is 0.736. The number of hydrogen-bond donors (Lipinski definition) is 1. The maximum atomic E-state index is 9.03. The average molecular weight is 243 g/mol. The lowest BCUT2D eigenvalue weighted by Crippen LogP contribution is -2.35. The van der Waals surface area contributed by atoms with E-state index in [0.717, 1.165) is 30.3 Å². The SMILES string of the molecule is CCN1CCC(CNc2ccccc2C#N)CC1. The number of nitriles is 1. The van der Waals surface area contributed by atoms with Crippen LogP contribution in [-0.2, 0) is 0 Å². The van der Waals surface area contributed by atoms with E-state index in [1.807, 2.05) is 24.3 Å². The highest BCUT2D eigenvalue weighted by atomic mass is 15.1.